The Morgan fingerprint density at radius 1 is 1.27 bits per heavy atom. The molecule has 22 heavy (non-hydrogen) atoms. The molecule has 1 aromatic carbocycles. The third kappa shape index (κ3) is 4.48. The van der Waals surface area contributed by atoms with E-state index in [1.54, 1.807) is 11.8 Å². The van der Waals surface area contributed by atoms with Gasteiger partial charge < -0.3 is 15.0 Å². The highest BCUT2D eigenvalue weighted by Crippen LogP contribution is 2.21. The second-order valence-electron chi connectivity index (χ2n) is 5.81. The number of carbonyl (C=O) groups excluding carboxylic acids is 2. The first-order valence-corrected chi connectivity index (χ1v) is 7.77. The van der Waals surface area contributed by atoms with Gasteiger partial charge in [-0.1, -0.05) is 30.3 Å². The number of amides is 2. The van der Waals surface area contributed by atoms with Crippen molar-refractivity contribution in [1.82, 2.24) is 10.2 Å². The molecule has 5 heteroatoms. The number of urea groups is 1. The first-order valence-electron chi connectivity index (χ1n) is 7.77. The van der Waals surface area contributed by atoms with E-state index in [4.69, 9.17) is 0 Å². The first kappa shape index (κ1) is 16.3. The van der Waals surface area contributed by atoms with Gasteiger partial charge in [-0.25, -0.2) is 9.59 Å². The van der Waals surface area contributed by atoms with Gasteiger partial charge in [0.25, 0.3) is 0 Å². The van der Waals surface area contributed by atoms with Crippen LogP contribution in [0.5, 0.6) is 0 Å². The van der Waals surface area contributed by atoms with Crippen LogP contribution in [0.25, 0.3) is 0 Å². The molecule has 0 radical (unpaired) electrons. The fourth-order valence-corrected chi connectivity index (χ4v) is 2.80. The zero-order chi connectivity index (χ0) is 15.9. The third-order valence-corrected chi connectivity index (χ3v) is 4.16. The molecule has 0 aromatic heterocycles. The molecule has 0 bridgehead atoms. The van der Waals surface area contributed by atoms with Crippen LogP contribution in [0.15, 0.2) is 30.3 Å². The van der Waals surface area contributed by atoms with E-state index in [0.29, 0.717) is 5.92 Å². The minimum absolute atomic E-state index is 0.184. The fourth-order valence-electron chi connectivity index (χ4n) is 2.80. The zero-order valence-electron chi connectivity index (χ0n) is 13.2. The van der Waals surface area contributed by atoms with Gasteiger partial charge in [0.1, 0.15) is 6.04 Å². The van der Waals surface area contributed by atoms with Gasteiger partial charge in [0.2, 0.25) is 0 Å². The Labute approximate surface area is 131 Å². The largest absolute Gasteiger partial charge is 0.467 e. The molecule has 1 aliphatic heterocycles. The first-order chi connectivity index (χ1) is 10.6. The summed E-state index contributed by atoms with van der Waals surface area (Å²) in [7, 11) is 1.32. The third-order valence-electron chi connectivity index (χ3n) is 4.16. The van der Waals surface area contributed by atoms with Crippen molar-refractivity contribution < 1.29 is 14.3 Å². The van der Waals surface area contributed by atoms with E-state index in [9.17, 15) is 9.59 Å². The van der Waals surface area contributed by atoms with E-state index in [1.807, 2.05) is 6.07 Å². The van der Waals surface area contributed by atoms with Crippen LogP contribution in [-0.2, 0) is 16.0 Å². The summed E-state index contributed by atoms with van der Waals surface area (Å²) in [5.74, 6) is 0.191. The van der Waals surface area contributed by atoms with E-state index in [2.05, 4.69) is 34.3 Å². The molecular weight excluding hydrogens is 280 g/mol. The zero-order valence-corrected chi connectivity index (χ0v) is 13.2. The molecule has 5 nitrogen and oxygen atoms in total. The minimum atomic E-state index is -0.612. The maximum atomic E-state index is 12.1. The van der Waals surface area contributed by atoms with Crippen LogP contribution in [0.2, 0.25) is 0 Å². The molecule has 1 aliphatic rings. The average Bonchev–Trinajstić information content (AvgIpc) is 2.55. The summed E-state index contributed by atoms with van der Waals surface area (Å²) >= 11 is 0. The Hall–Kier alpha value is -2.04. The molecular formula is C17H24N2O3. The molecule has 1 N–H and O–H groups in total. The van der Waals surface area contributed by atoms with E-state index in [1.165, 1.54) is 12.7 Å². The van der Waals surface area contributed by atoms with Gasteiger partial charge in [0, 0.05) is 13.1 Å². The van der Waals surface area contributed by atoms with Crippen molar-refractivity contribution in [2.24, 2.45) is 5.92 Å². The highest BCUT2D eigenvalue weighted by atomic mass is 16.5. The van der Waals surface area contributed by atoms with Crippen molar-refractivity contribution in [3.05, 3.63) is 35.9 Å². The highest BCUT2D eigenvalue weighted by Gasteiger charge is 2.25. The van der Waals surface area contributed by atoms with Gasteiger partial charge >= 0.3 is 12.0 Å². The van der Waals surface area contributed by atoms with Gasteiger partial charge in [0.15, 0.2) is 0 Å². The predicted molar refractivity (Wildman–Crippen MR) is 84.5 cm³/mol. The van der Waals surface area contributed by atoms with Crippen LogP contribution in [0.3, 0.4) is 0 Å². The van der Waals surface area contributed by atoms with Crippen LogP contribution >= 0.6 is 0 Å². The van der Waals surface area contributed by atoms with E-state index >= 15 is 0 Å². The lowest BCUT2D eigenvalue weighted by Gasteiger charge is -2.32. The Kier molecular flexibility index (Phi) is 5.81. The summed E-state index contributed by atoms with van der Waals surface area (Å²) in [6, 6.07) is 9.65. The van der Waals surface area contributed by atoms with Crippen molar-refractivity contribution in [3.8, 4) is 0 Å². The second kappa shape index (κ2) is 7.82. The van der Waals surface area contributed by atoms with Gasteiger partial charge in [-0.3, -0.25) is 0 Å². The molecule has 120 valence electrons. The number of nitrogens with one attached hydrogen (secondary N) is 1. The van der Waals surface area contributed by atoms with E-state index in [-0.39, 0.29) is 6.03 Å². The summed E-state index contributed by atoms with van der Waals surface area (Å²) in [5, 5.41) is 2.68. The number of ether oxygens (including phenoxy) is 1. The van der Waals surface area contributed by atoms with Crippen LogP contribution in [-0.4, -0.2) is 43.1 Å². The molecule has 2 rings (SSSR count). The SMILES string of the molecule is COC(=O)[C@H](C)NC(=O)N1CCC(Cc2ccccc2)CC1. The molecule has 1 saturated heterocycles. The van der Waals surface area contributed by atoms with E-state index in [0.717, 1.165) is 32.4 Å². The normalized spacial score (nSPS) is 16.9. The lowest BCUT2D eigenvalue weighted by molar-refractivity contribution is -0.142. The number of methoxy groups -OCH3 is 1. The molecule has 1 heterocycles. The molecule has 0 spiro atoms. The Balaban J connectivity index is 1.77. The van der Waals surface area contributed by atoms with Crippen LogP contribution in [0.4, 0.5) is 4.79 Å². The highest BCUT2D eigenvalue weighted by molar-refractivity contribution is 5.83. The fraction of sp³-hybridized carbons (Fsp3) is 0.529. The summed E-state index contributed by atoms with van der Waals surface area (Å²) in [5.41, 5.74) is 1.35. The maximum Gasteiger partial charge on any atom is 0.328 e. The molecule has 1 aromatic rings. The molecule has 1 fully saturated rings. The van der Waals surface area contributed by atoms with Crippen molar-refractivity contribution in [2.45, 2.75) is 32.2 Å². The number of esters is 1. The monoisotopic (exact) mass is 304 g/mol. The number of hydrogen-bond donors (Lipinski definition) is 1. The maximum absolute atomic E-state index is 12.1. The van der Waals surface area contributed by atoms with Crippen LogP contribution < -0.4 is 5.32 Å². The number of nitrogens with zero attached hydrogens (tertiary/aromatic N) is 1. The Bertz CT molecular complexity index is 496. The Morgan fingerprint density at radius 3 is 2.50 bits per heavy atom. The van der Waals surface area contributed by atoms with Gasteiger partial charge in [0.05, 0.1) is 7.11 Å². The smallest absolute Gasteiger partial charge is 0.328 e. The molecule has 2 amide bonds. The van der Waals surface area contributed by atoms with Crippen molar-refractivity contribution in [1.29, 1.82) is 0 Å². The summed E-state index contributed by atoms with van der Waals surface area (Å²) in [6.07, 6.45) is 3.05. The predicted octanol–water partition coefficient (Wildman–Crippen LogP) is 2.21. The number of carbonyl (C=O) groups is 2. The number of likely N-dealkylation sites (tertiary alicyclic amines) is 1. The molecule has 0 unspecified atom stereocenters. The summed E-state index contributed by atoms with van der Waals surface area (Å²) < 4.78 is 4.61. The quantitative estimate of drug-likeness (QED) is 0.868. The summed E-state index contributed by atoms with van der Waals surface area (Å²) in [4.78, 5) is 25.2. The number of rotatable bonds is 4. The molecule has 0 saturated carbocycles. The molecule has 0 aliphatic carbocycles. The Morgan fingerprint density at radius 2 is 1.91 bits per heavy atom. The second-order valence-corrected chi connectivity index (χ2v) is 5.81. The van der Waals surface area contributed by atoms with Gasteiger partial charge in [-0.2, -0.15) is 0 Å². The summed E-state index contributed by atoms with van der Waals surface area (Å²) in [6.45, 7) is 3.10. The number of hydrogen-bond acceptors (Lipinski definition) is 3. The van der Waals surface area contributed by atoms with Crippen molar-refractivity contribution in [3.63, 3.8) is 0 Å². The lowest BCUT2D eigenvalue weighted by atomic mass is 9.90. The van der Waals surface area contributed by atoms with Crippen molar-refractivity contribution in [2.75, 3.05) is 20.2 Å². The standard InChI is InChI=1S/C17H24N2O3/c1-13(16(20)22-2)18-17(21)19-10-8-15(9-11-19)12-14-6-4-3-5-7-14/h3-7,13,15H,8-12H2,1-2H3,(H,18,21)/t13-/m0/s1. The average molecular weight is 304 g/mol. The lowest BCUT2D eigenvalue weighted by Crippen LogP contribution is -2.49. The van der Waals surface area contributed by atoms with Crippen molar-refractivity contribution >= 4 is 12.0 Å². The van der Waals surface area contributed by atoms with Gasteiger partial charge in [-0.15, -0.1) is 0 Å². The number of piperidine rings is 1. The minimum Gasteiger partial charge on any atom is -0.467 e. The number of benzene rings is 1. The topological polar surface area (TPSA) is 58.6 Å². The van der Waals surface area contributed by atoms with Crippen LogP contribution in [0.1, 0.15) is 25.3 Å². The van der Waals surface area contributed by atoms with Crippen LogP contribution in [0, 0.1) is 5.92 Å². The molecule has 1 atom stereocenters. The van der Waals surface area contributed by atoms with E-state index < -0.39 is 12.0 Å². The van der Waals surface area contributed by atoms with Gasteiger partial charge in [-0.05, 0) is 37.7 Å².